The number of ether oxygens (including phenoxy) is 1. The summed E-state index contributed by atoms with van der Waals surface area (Å²) in [7, 11) is 1.24. The molecule has 5 nitrogen and oxygen atoms in total. The average Bonchev–Trinajstić information content (AvgIpc) is 2.41. The predicted molar refractivity (Wildman–Crippen MR) is 74.4 cm³/mol. The largest absolute Gasteiger partial charge is 0.463 e. The van der Waals surface area contributed by atoms with Gasteiger partial charge in [-0.3, -0.25) is 9.78 Å². The van der Waals surface area contributed by atoms with Gasteiger partial charge in [0.1, 0.15) is 3.57 Å². The van der Waals surface area contributed by atoms with Crippen molar-refractivity contribution < 1.29 is 9.53 Å². The van der Waals surface area contributed by atoms with E-state index < -0.39 is 5.97 Å². The number of esters is 1. The molecule has 0 amide bonds. The van der Waals surface area contributed by atoms with Gasteiger partial charge in [0.05, 0.1) is 12.8 Å². The zero-order valence-corrected chi connectivity index (χ0v) is 11.6. The molecule has 0 bridgehead atoms. The van der Waals surface area contributed by atoms with Gasteiger partial charge in [-0.2, -0.15) is 0 Å². The van der Waals surface area contributed by atoms with Crippen LogP contribution in [0.25, 0.3) is 11.3 Å². The first-order valence-electron chi connectivity index (χ1n) is 5.07. The smallest absolute Gasteiger partial charge is 0.374 e. The molecular weight excluding hydrogens is 347 g/mol. The van der Waals surface area contributed by atoms with Crippen molar-refractivity contribution in [1.29, 1.82) is 0 Å². The second-order valence-electron chi connectivity index (χ2n) is 3.43. The van der Waals surface area contributed by atoms with Crippen molar-refractivity contribution >= 4 is 28.6 Å². The molecule has 0 fully saturated rings. The molecule has 0 saturated carbocycles. The van der Waals surface area contributed by atoms with E-state index in [1.165, 1.54) is 7.11 Å². The minimum absolute atomic E-state index is 0.0956. The van der Waals surface area contributed by atoms with Gasteiger partial charge >= 0.3 is 5.97 Å². The highest BCUT2D eigenvalue weighted by molar-refractivity contribution is 14.1. The van der Waals surface area contributed by atoms with Gasteiger partial charge in [-0.1, -0.05) is 30.3 Å². The van der Waals surface area contributed by atoms with Crippen LogP contribution in [0.5, 0.6) is 0 Å². The van der Waals surface area contributed by atoms with Crippen molar-refractivity contribution in [2.75, 3.05) is 7.11 Å². The summed E-state index contributed by atoms with van der Waals surface area (Å²) in [4.78, 5) is 29.7. The number of methoxy groups -OCH3 is 1. The minimum atomic E-state index is -0.666. The third-order valence-electron chi connectivity index (χ3n) is 2.29. The number of hydrogen-bond acceptors (Lipinski definition) is 4. The summed E-state index contributed by atoms with van der Waals surface area (Å²) in [6, 6.07) is 9.19. The van der Waals surface area contributed by atoms with Gasteiger partial charge in [-0.05, 0) is 22.6 Å². The van der Waals surface area contributed by atoms with Crippen molar-refractivity contribution in [3.63, 3.8) is 0 Å². The van der Waals surface area contributed by atoms with Crippen molar-refractivity contribution in [3.05, 3.63) is 50.1 Å². The summed E-state index contributed by atoms with van der Waals surface area (Å²) in [6.45, 7) is 0. The molecule has 2 rings (SSSR count). The summed E-state index contributed by atoms with van der Waals surface area (Å²) in [5.74, 6) is -0.762. The lowest BCUT2D eigenvalue weighted by Crippen LogP contribution is -2.20. The van der Waals surface area contributed by atoms with Gasteiger partial charge in [-0.25, -0.2) is 9.78 Å². The van der Waals surface area contributed by atoms with Crippen LogP contribution in [0, 0.1) is 3.57 Å². The number of rotatable bonds is 2. The van der Waals surface area contributed by atoms with Crippen molar-refractivity contribution in [2.24, 2.45) is 0 Å². The Kier molecular flexibility index (Phi) is 3.75. The number of aromatic amines is 1. The third-order valence-corrected chi connectivity index (χ3v) is 3.29. The summed E-state index contributed by atoms with van der Waals surface area (Å²) in [5, 5.41) is 0. The van der Waals surface area contributed by atoms with E-state index in [4.69, 9.17) is 0 Å². The highest BCUT2D eigenvalue weighted by Crippen LogP contribution is 2.20. The number of carbonyl (C=O) groups excluding carboxylic acids is 1. The standard InChI is InChI=1S/C12H9IN2O3/c1-18-12(17)10-14-9(8(13)11(16)15-10)7-5-3-2-4-6-7/h2-6H,1H3,(H,14,15,16). The van der Waals surface area contributed by atoms with E-state index >= 15 is 0 Å². The predicted octanol–water partition coefficient (Wildman–Crippen LogP) is 1.83. The molecular formula is C12H9IN2O3. The maximum absolute atomic E-state index is 11.7. The molecule has 0 unspecified atom stereocenters. The highest BCUT2D eigenvalue weighted by Gasteiger charge is 2.15. The number of carbonyl (C=O) groups is 1. The van der Waals surface area contributed by atoms with Gasteiger partial charge in [-0.15, -0.1) is 0 Å². The first-order chi connectivity index (χ1) is 8.63. The van der Waals surface area contributed by atoms with E-state index in [0.29, 0.717) is 9.26 Å². The Morgan fingerprint density at radius 3 is 2.61 bits per heavy atom. The molecule has 0 aliphatic carbocycles. The number of benzene rings is 1. The number of nitrogens with one attached hydrogen (secondary N) is 1. The molecule has 0 atom stereocenters. The number of H-pyrrole nitrogens is 1. The molecule has 1 aromatic carbocycles. The second kappa shape index (κ2) is 5.30. The van der Waals surface area contributed by atoms with Crippen LogP contribution in [0.2, 0.25) is 0 Å². The Labute approximate surface area is 116 Å². The van der Waals surface area contributed by atoms with Crippen LogP contribution in [-0.2, 0) is 4.74 Å². The van der Waals surface area contributed by atoms with Crippen LogP contribution in [0.15, 0.2) is 35.1 Å². The van der Waals surface area contributed by atoms with Crippen LogP contribution < -0.4 is 5.56 Å². The van der Waals surface area contributed by atoms with Crippen molar-refractivity contribution in [3.8, 4) is 11.3 Å². The van der Waals surface area contributed by atoms with E-state index in [1.807, 2.05) is 52.9 Å². The lowest BCUT2D eigenvalue weighted by molar-refractivity contribution is 0.0586. The maximum Gasteiger partial charge on any atom is 0.374 e. The fraction of sp³-hybridized carbons (Fsp3) is 0.0833. The Balaban J connectivity index is 2.64. The molecule has 1 aromatic heterocycles. The van der Waals surface area contributed by atoms with Gasteiger partial charge in [0.2, 0.25) is 5.82 Å². The Morgan fingerprint density at radius 2 is 2.00 bits per heavy atom. The monoisotopic (exact) mass is 356 g/mol. The van der Waals surface area contributed by atoms with Gasteiger partial charge in [0.15, 0.2) is 0 Å². The lowest BCUT2D eigenvalue weighted by Gasteiger charge is -2.05. The molecule has 0 spiro atoms. The Hall–Kier alpha value is -1.70. The topological polar surface area (TPSA) is 72.0 Å². The van der Waals surface area contributed by atoms with Crippen molar-refractivity contribution in [1.82, 2.24) is 9.97 Å². The van der Waals surface area contributed by atoms with Gasteiger partial charge in [0, 0.05) is 5.56 Å². The fourth-order valence-electron chi connectivity index (χ4n) is 1.44. The molecule has 0 aliphatic heterocycles. The lowest BCUT2D eigenvalue weighted by atomic mass is 10.1. The maximum atomic E-state index is 11.7. The van der Waals surface area contributed by atoms with E-state index in [0.717, 1.165) is 5.56 Å². The molecule has 1 N–H and O–H groups in total. The SMILES string of the molecule is COC(=O)c1nc(-c2ccccc2)c(I)c(=O)[nH]1. The average molecular weight is 356 g/mol. The molecule has 18 heavy (non-hydrogen) atoms. The second-order valence-corrected chi connectivity index (χ2v) is 4.51. The zero-order chi connectivity index (χ0) is 13.1. The van der Waals surface area contributed by atoms with E-state index in [9.17, 15) is 9.59 Å². The van der Waals surface area contributed by atoms with Crippen LogP contribution in [-0.4, -0.2) is 23.0 Å². The number of aromatic nitrogens is 2. The summed E-state index contributed by atoms with van der Waals surface area (Å²) in [5.41, 5.74) is 0.892. The first-order valence-corrected chi connectivity index (χ1v) is 6.15. The molecule has 0 saturated heterocycles. The molecule has 0 radical (unpaired) electrons. The Morgan fingerprint density at radius 1 is 1.33 bits per heavy atom. The summed E-state index contributed by atoms with van der Waals surface area (Å²) in [6.07, 6.45) is 0. The van der Waals surface area contributed by atoms with Crippen LogP contribution >= 0.6 is 22.6 Å². The summed E-state index contributed by atoms with van der Waals surface area (Å²) < 4.78 is 4.98. The van der Waals surface area contributed by atoms with Gasteiger partial charge < -0.3 is 4.74 Å². The molecule has 92 valence electrons. The highest BCUT2D eigenvalue weighted by atomic mass is 127. The zero-order valence-electron chi connectivity index (χ0n) is 9.44. The molecule has 1 heterocycles. The normalized spacial score (nSPS) is 10.1. The molecule has 6 heteroatoms. The molecule has 2 aromatic rings. The third kappa shape index (κ3) is 2.42. The van der Waals surface area contributed by atoms with Gasteiger partial charge in [0.25, 0.3) is 5.56 Å². The van der Waals surface area contributed by atoms with E-state index in [2.05, 4.69) is 14.7 Å². The number of nitrogens with zero attached hydrogens (tertiary/aromatic N) is 1. The summed E-state index contributed by atoms with van der Waals surface area (Å²) >= 11 is 1.90. The quantitative estimate of drug-likeness (QED) is 0.658. The van der Waals surface area contributed by atoms with Crippen LogP contribution in [0.3, 0.4) is 0 Å². The Bertz CT molecular complexity index is 638. The van der Waals surface area contributed by atoms with E-state index in [-0.39, 0.29) is 11.4 Å². The van der Waals surface area contributed by atoms with Crippen LogP contribution in [0.1, 0.15) is 10.6 Å². The number of hydrogen-bond donors (Lipinski definition) is 1. The van der Waals surface area contributed by atoms with Crippen molar-refractivity contribution in [2.45, 2.75) is 0 Å². The van der Waals surface area contributed by atoms with Crippen LogP contribution in [0.4, 0.5) is 0 Å². The van der Waals surface area contributed by atoms with E-state index in [1.54, 1.807) is 0 Å². The number of halogens is 1. The fourth-order valence-corrected chi connectivity index (χ4v) is 2.01. The minimum Gasteiger partial charge on any atom is -0.463 e. The molecule has 0 aliphatic rings. The first kappa shape index (κ1) is 12.7.